The van der Waals surface area contributed by atoms with Crippen molar-refractivity contribution in [3.8, 4) is 17.6 Å². The molecule has 32 heavy (non-hydrogen) atoms. The summed E-state index contributed by atoms with van der Waals surface area (Å²) < 4.78 is 8.01. The third-order valence-electron chi connectivity index (χ3n) is 5.33. The molecule has 5 nitrogen and oxygen atoms in total. The Morgan fingerprint density at radius 3 is 2.56 bits per heavy atom. The molecular formula is C27H24N2O3. The Bertz CT molecular complexity index is 1270. The summed E-state index contributed by atoms with van der Waals surface area (Å²) in [5.41, 5.74) is 4.21. The van der Waals surface area contributed by atoms with Gasteiger partial charge in [-0.15, -0.1) is 5.92 Å². The molecule has 0 amide bonds. The van der Waals surface area contributed by atoms with Gasteiger partial charge in [0, 0.05) is 10.9 Å². The van der Waals surface area contributed by atoms with E-state index in [9.17, 15) is 4.79 Å². The van der Waals surface area contributed by atoms with E-state index in [0.29, 0.717) is 13.2 Å². The second-order valence-corrected chi connectivity index (χ2v) is 7.54. The van der Waals surface area contributed by atoms with Crippen LogP contribution in [0.5, 0.6) is 5.75 Å². The molecule has 0 bridgehead atoms. The lowest BCUT2D eigenvalue weighted by molar-refractivity contribution is -0.137. The number of fused-ring (bicyclic) bond motifs is 1. The Labute approximate surface area is 187 Å². The van der Waals surface area contributed by atoms with Crippen LogP contribution in [0.15, 0.2) is 79.0 Å². The summed E-state index contributed by atoms with van der Waals surface area (Å²) in [7, 11) is 0. The lowest BCUT2D eigenvalue weighted by Crippen LogP contribution is -2.04. The Morgan fingerprint density at radius 1 is 1.06 bits per heavy atom. The maximum absolute atomic E-state index is 11.1. The summed E-state index contributed by atoms with van der Waals surface area (Å²) in [6.45, 7) is 2.85. The number of carboxylic acids is 1. The largest absolute Gasteiger partial charge is 0.489 e. The molecule has 4 aromatic rings. The van der Waals surface area contributed by atoms with Crippen molar-refractivity contribution in [2.45, 2.75) is 32.4 Å². The minimum atomic E-state index is -0.862. The van der Waals surface area contributed by atoms with Crippen molar-refractivity contribution in [3.63, 3.8) is 0 Å². The zero-order chi connectivity index (χ0) is 22.3. The Morgan fingerprint density at radius 2 is 1.84 bits per heavy atom. The fourth-order valence-electron chi connectivity index (χ4n) is 3.73. The molecule has 0 aliphatic heterocycles. The predicted octanol–water partition coefficient (Wildman–Crippen LogP) is 5.25. The van der Waals surface area contributed by atoms with Crippen LogP contribution >= 0.6 is 0 Å². The molecule has 1 heterocycles. The molecule has 160 valence electrons. The van der Waals surface area contributed by atoms with E-state index in [1.165, 1.54) is 5.56 Å². The summed E-state index contributed by atoms with van der Waals surface area (Å²) in [6, 6.07) is 23.9. The molecule has 1 N–H and O–H groups in total. The van der Waals surface area contributed by atoms with Crippen LogP contribution < -0.4 is 4.74 Å². The predicted molar refractivity (Wildman–Crippen MR) is 124 cm³/mol. The second-order valence-electron chi connectivity index (χ2n) is 7.54. The first-order valence-electron chi connectivity index (χ1n) is 10.5. The van der Waals surface area contributed by atoms with Crippen LogP contribution in [-0.4, -0.2) is 20.9 Å². The molecule has 0 unspecified atom stereocenters. The van der Waals surface area contributed by atoms with Crippen molar-refractivity contribution in [3.05, 3.63) is 95.7 Å². The quantitative estimate of drug-likeness (QED) is 0.393. The van der Waals surface area contributed by atoms with Crippen molar-refractivity contribution in [1.29, 1.82) is 0 Å². The third kappa shape index (κ3) is 4.98. The van der Waals surface area contributed by atoms with Gasteiger partial charge in [0.15, 0.2) is 0 Å². The molecule has 5 heteroatoms. The molecule has 0 aliphatic rings. The lowest BCUT2D eigenvalue weighted by Gasteiger charge is -2.11. The number of aromatic nitrogens is 2. The first-order chi connectivity index (χ1) is 15.6. The average Bonchev–Trinajstić information content (AvgIpc) is 3.21. The zero-order valence-corrected chi connectivity index (χ0v) is 17.9. The fourth-order valence-corrected chi connectivity index (χ4v) is 3.73. The van der Waals surface area contributed by atoms with E-state index in [2.05, 4.69) is 35.1 Å². The molecule has 0 saturated heterocycles. The molecule has 1 atom stereocenters. The molecular weight excluding hydrogens is 400 g/mol. The van der Waals surface area contributed by atoms with Gasteiger partial charge in [-0.3, -0.25) is 9.48 Å². The minimum absolute atomic E-state index is 0.0178. The SMILES string of the molecule is CC#C[C@@H](CC(=O)O)c1ccc(OCc2cccc3c2cnn3Cc2ccccc2)cc1. The zero-order valence-electron chi connectivity index (χ0n) is 17.9. The standard InChI is InChI=1S/C27H24N2O3/c1-2-7-22(16-27(30)31)21-12-14-24(15-13-21)32-19-23-10-6-11-26-25(23)17-28-29(26)18-20-8-4-3-5-9-20/h3-6,8-15,17,22H,16,18-19H2,1H3,(H,30,31)/t22-/m0/s1. The van der Waals surface area contributed by atoms with Gasteiger partial charge in [0.05, 0.1) is 30.6 Å². The fraction of sp³-hybridized carbons (Fsp3) is 0.185. The van der Waals surface area contributed by atoms with Crippen molar-refractivity contribution < 1.29 is 14.6 Å². The maximum atomic E-state index is 11.1. The van der Waals surface area contributed by atoms with Gasteiger partial charge >= 0.3 is 5.97 Å². The van der Waals surface area contributed by atoms with Gasteiger partial charge in [-0.05, 0) is 36.2 Å². The minimum Gasteiger partial charge on any atom is -0.489 e. The lowest BCUT2D eigenvalue weighted by atomic mass is 9.96. The van der Waals surface area contributed by atoms with Gasteiger partial charge in [0.25, 0.3) is 0 Å². The summed E-state index contributed by atoms with van der Waals surface area (Å²) in [5, 5.41) is 14.8. The van der Waals surface area contributed by atoms with Gasteiger partial charge in [-0.25, -0.2) is 0 Å². The van der Waals surface area contributed by atoms with E-state index in [0.717, 1.165) is 27.8 Å². The molecule has 0 saturated carbocycles. The summed E-state index contributed by atoms with van der Waals surface area (Å²) in [5.74, 6) is 5.32. The van der Waals surface area contributed by atoms with E-state index in [-0.39, 0.29) is 12.3 Å². The Hall–Kier alpha value is -4.04. The van der Waals surface area contributed by atoms with Gasteiger partial charge in [-0.2, -0.15) is 5.10 Å². The van der Waals surface area contributed by atoms with Crippen molar-refractivity contribution in [2.24, 2.45) is 0 Å². The third-order valence-corrected chi connectivity index (χ3v) is 5.33. The number of hydrogen-bond acceptors (Lipinski definition) is 3. The first kappa shape index (κ1) is 21.2. The molecule has 4 rings (SSSR count). The average molecular weight is 425 g/mol. The van der Waals surface area contributed by atoms with Crippen LogP contribution in [0.2, 0.25) is 0 Å². The van der Waals surface area contributed by atoms with Crippen molar-refractivity contribution in [2.75, 3.05) is 0 Å². The highest BCUT2D eigenvalue weighted by Crippen LogP contribution is 2.24. The molecule has 1 aromatic heterocycles. The van der Waals surface area contributed by atoms with Crippen LogP contribution in [0.3, 0.4) is 0 Å². The first-order valence-corrected chi connectivity index (χ1v) is 10.5. The monoisotopic (exact) mass is 424 g/mol. The molecule has 0 radical (unpaired) electrons. The highest BCUT2D eigenvalue weighted by atomic mass is 16.5. The summed E-state index contributed by atoms with van der Waals surface area (Å²) in [4.78, 5) is 11.1. The number of aliphatic carboxylic acids is 1. The van der Waals surface area contributed by atoms with Gasteiger partial charge < -0.3 is 9.84 Å². The summed E-state index contributed by atoms with van der Waals surface area (Å²) >= 11 is 0. The van der Waals surface area contributed by atoms with E-state index >= 15 is 0 Å². The molecule has 0 fully saturated rings. The number of carboxylic acid groups (broad SMARTS) is 1. The van der Waals surface area contributed by atoms with E-state index in [1.807, 2.05) is 65.5 Å². The number of hydrogen-bond donors (Lipinski definition) is 1. The highest BCUT2D eigenvalue weighted by molar-refractivity contribution is 5.82. The Kier molecular flexibility index (Phi) is 6.52. The van der Waals surface area contributed by atoms with Gasteiger partial charge in [0.2, 0.25) is 0 Å². The van der Waals surface area contributed by atoms with E-state index < -0.39 is 5.97 Å². The van der Waals surface area contributed by atoms with Crippen LogP contribution in [-0.2, 0) is 17.9 Å². The molecule has 0 aliphatic carbocycles. The number of carbonyl (C=O) groups is 1. The second kappa shape index (κ2) is 9.84. The maximum Gasteiger partial charge on any atom is 0.304 e. The Balaban J connectivity index is 1.47. The normalized spacial score (nSPS) is 11.5. The molecule has 3 aromatic carbocycles. The summed E-state index contributed by atoms with van der Waals surface area (Å²) in [6.07, 6.45) is 1.87. The van der Waals surface area contributed by atoms with Crippen LogP contribution in [0.1, 0.15) is 36.0 Å². The number of rotatable bonds is 8. The highest BCUT2D eigenvalue weighted by Gasteiger charge is 2.13. The number of ether oxygens (including phenoxy) is 1. The van der Waals surface area contributed by atoms with Crippen molar-refractivity contribution in [1.82, 2.24) is 9.78 Å². The van der Waals surface area contributed by atoms with E-state index in [1.54, 1.807) is 6.92 Å². The smallest absolute Gasteiger partial charge is 0.304 e. The topological polar surface area (TPSA) is 64.3 Å². The van der Waals surface area contributed by atoms with Crippen molar-refractivity contribution >= 4 is 16.9 Å². The van der Waals surface area contributed by atoms with Crippen LogP contribution in [0.4, 0.5) is 0 Å². The van der Waals surface area contributed by atoms with E-state index in [4.69, 9.17) is 9.84 Å². The van der Waals surface area contributed by atoms with Gasteiger partial charge in [-0.1, -0.05) is 60.5 Å². The van der Waals surface area contributed by atoms with Crippen LogP contribution in [0.25, 0.3) is 10.9 Å². The van der Waals surface area contributed by atoms with Gasteiger partial charge in [0.1, 0.15) is 12.4 Å². The molecule has 0 spiro atoms. The number of benzene rings is 3. The van der Waals surface area contributed by atoms with Crippen LogP contribution in [0, 0.1) is 11.8 Å². The number of nitrogens with zero attached hydrogens (tertiary/aromatic N) is 2.